The highest BCUT2D eigenvalue weighted by Crippen LogP contribution is 2.76. The maximum Gasteiger partial charge on any atom is 0.335 e. The van der Waals surface area contributed by atoms with E-state index in [0.717, 1.165) is 12.0 Å². The van der Waals surface area contributed by atoms with Crippen LogP contribution in [0.5, 0.6) is 0 Å². The number of carbonyl (C=O) groups is 2. The van der Waals surface area contributed by atoms with Gasteiger partial charge in [-0.2, -0.15) is 0 Å². The Morgan fingerprint density at radius 1 is 0.907 bits per heavy atom. The van der Waals surface area contributed by atoms with Gasteiger partial charge in [-0.1, -0.05) is 67.0 Å². The summed E-state index contributed by atoms with van der Waals surface area (Å²) in [5.74, 6) is -2.54. The lowest BCUT2D eigenvalue weighted by molar-refractivity contribution is -0.328. The molecule has 4 saturated carbocycles. The number of carboxylic acids is 1. The Morgan fingerprint density at radius 2 is 1.57 bits per heavy atom. The molecule has 6 aliphatic rings. The van der Waals surface area contributed by atoms with E-state index in [9.17, 15) is 50.4 Å². The summed E-state index contributed by atoms with van der Waals surface area (Å²) >= 11 is 0. The average molecular weight is 767 g/mol. The van der Waals surface area contributed by atoms with Crippen molar-refractivity contribution in [3.8, 4) is 0 Å². The van der Waals surface area contributed by atoms with Crippen LogP contribution in [0.15, 0.2) is 11.6 Å². The number of aliphatic hydroxyl groups is 7. The summed E-state index contributed by atoms with van der Waals surface area (Å²) in [6.07, 6.45) is -5.53. The van der Waals surface area contributed by atoms with Crippen LogP contribution in [0, 0.1) is 56.2 Å². The summed E-state index contributed by atoms with van der Waals surface area (Å²) in [6, 6.07) is 0. The first-order valence-electron chi connectivity index (χ1n) is 20.1. The fourth-order valence-electron chi connectivity index (χ4n) is 13.1. The van der Waals surface area contributed by atoms with E-state index >= 15 is 0 Å². The van der Waals surface area contributed by atoms with Crippen LogP contribution in [-0.4, -0.2) is 121 Å². The van der Waals surface area contributed by atoms with Gasteiger partial charge in [-0.3, -0.25) is 4.79 Å². The van der Waals surface area contributed by atoms with Crippen molar-refractivity contribution >= 4 is 11.9 Å². The maximum absolute atomic E-state index is 13.0. The van der Waals surface area contributed by atoms with Crippen molar-refractivity contribution in [1.82, 2.24) is 0 Å². The molecule has 5 fully saturated rings. The molecule has 1 saturated heterocycles. The Kier molecular flexibility index (Phi) is 10.9. The molecule has 5 aliphatic carbocycles. The highest BCUT2D eigenvalue weighted by Gasteiger charge is 2.73. The fraction of sp³-hybridized carbons (Fsp3) is 0.902. The second kappa shape index (κ2) is 14.0. The van der Waals surface area contributed by atoms with E-state index in [1.54, 1.807) is 6.92 Å². The number of fused-ring (bicyclic) bond motifs is 7. The molecule has 18 atom stereocenters. The molecule has 6 rings (SSSR count). The van der Waals surface area contributed by atoms with Gasteiger partial charge in [-0.05, 0) is 85.4 Å². The van der Waals surface area contributed by atoms with Gasteiger partial charge in [0.15, 0.2) is 12.4 Å². The molecule has 0 aromatic heterocycles. The van der Waals surface area contributed by atoms with E-state index in [2.05, 4.69) is 26.8 Å². The number of carboxylic acid groups (broad SMARTS) is 1. The predicted octanol–water partition coefficient (Wildman–Crippen LogP) is 2.54. The lowest BCUT2D eigenvalue weighted by Gasteiger charge is -2.72. The topological polar surface area (TPSA) is 224 Å². The molecular formula is C41H66O13. The molecule has 0 aromatic rings. The van der Waals surface area contributed by atoms with Crippen LogP contribution in [0.2, 0.25) is 0 Å². The van der Waals surface area contributed by atoms with Crippen molar-refractivity contribution in [3.05, 3.63) is 11.6 Å². The van der Waals surface area contributed by atoms with Crippen LogP contribution in [0.25, 0.3) is 0 Å². The molecule has 2 unspecified atom stereocenters. The molecule has 0 amide bonds. The smallest absolute Gasteiger partial charge is 0.335 e. The second-order valence-electron chi connectivity index (χ2n) is 19.7. The van der Waals surface area contributed by atoms with Gasteiger partial charge < -0.3 is 55.1 Å². The molecule has 13 heteroatoms. The molecule has 8 N–H and O–H groups in total. The molecule has 0 bridgehead atoms. The van der Waals surface area contributed by atoms with Crippen LogP contribution in [-0.2, 0) is 23.8 Å². The molecule has 0 aromatic carbocycles. The minimum absolute atomic E-state index is 0.0571. The first kappa shape index (κ1) is 41.9. The van der Waals surface area contributed by atoms with E-state index in [1.165, 1.54) is 0 Å². The van der Waals surface area contributed by atoms with Gasteiger partial charge in [-0.15, -0.1) is 0 Å². The third kappa shape index (κ3) is 5.72. The highest BCUT2D eigenvalue weighted by molar-refractivity contribution is 5.73. The van der Waals surface area contributed by atoms with Gasteiger partial charge in [-0.25, -0.2) is 4.79 Å². The van der Waals surface area contributed by atoms with Gasteiger partial charge >= 0.3 is 11.9 Å². The number of carbonyl (C=O) groups excluding carboxylic acids is 1. The van der Waals surface area contributed by atoms with Gasteiger partial charge in [0.05, 0.1) is 36.8 Å². The second-order valence-corrected chi connectivity index (χ2v) is 19.7. The Morgan fingerprint density at radius 3 is 2.17 bits per heavy atom. The monoisotopic (exact) mass is 766 g/mol. The van der Waals surface area contributed by atoms with Gasteiger partial charge in [0, 0.05) is 10.8 Å². The van der Waals surface area contributed by atoms with E-state index in [-0.39, 0.29) is 41.1 Å². The third-order valence-corrected chi connectivity index (χ3v) is 16.8. The number of aliphatic carboxylic acids is 1. The quantitative estimate of drug-likeness (QED) is 0.101. The van der Waals surface area contributed by atoms with E-state index in [4.69, 9.17) is 14.2 Å². The molecule has 1 heterocycles. The van der Waals surface area contributed by atoms with Crippen molar-refractivity contribution in [2.24, 2.45) is 56.2 Å². The van der Waals surface area contributed by atoms with Crippen LogP contribution in [0.4, 0.5) is 0 Å². The van der Waals surface area contributed by atoms with Crippen LogP contribution in [0.3, 0.4) is 0 Å². The van der Waals surface area contributed by atoms with Crippen molar-refractivity contribution in [2.75, 3.05) is 13.2 Å². The van der Waals surface area contributed by atoms with Gasteiger partial charge in [0.25, 0.3) is 0 Å². The van der Waals surface area contributed by atoms with Crippen LogP contribution < -0.4 is 0 Å². The number of esters is 1. The minimum Gasteiger partial charge on any atom is -0.479 e. The Labute approximate surface area is 319 Å². The molecule has 0 spiro atoms. The van der Waals surface area contributed by atoms with E-state index in [1.807, 2.05) is 27.7 Å². The van der Waals surface area contributed by atoms with Crippen LogP contribution >= 0.6 is 0 Å². The molecule has 1 aliphatic heterocycles. The molecule has 308 valence electrons. The zero-order valence-corrected chi connectivity index (χ0v) is 33.3. The van der Waals surface area contributed by atoms with Gasteiger partial charge in [0.2, 0.25) is 0 Å². The number of hydrogen-bond acceptors (Lipinski definition) is 12. The summed E-state index contributed by atoms with van der Waals surface area (Å²) in [5.41, 5.74) is -2.79. The minimum atomic E-state index is -1.84. The Hall–Kier alpha value is -1.68. The largest absolute Gasteiger partial charge is 0.479 e. The lowest BCUT2D eigenvalue weighted by Crippen LogP contribution is -2.72. The molecular weight excluding hydrogens is 700 g/mol. The number of aliphatic hydroxyl groups excluding tert-OH is 7. The molecule has 0 radical (unpaired) electrons. The summed E-state index contributed by atoms with van der Waals surface area (Å²) in [5, 5.41) is 87.8. The standard InChI is InChI=1S/C41H66O13/c1-9-20(2)34(51)54-32-31(48)41(19-43)22(16-36(32,3)4)21-10-11-24-37(5)14-13-26(52-35-29(47)27(45)28(46)30(53-35)33(49)50)38(6,18-42)23(37)12-15-39(24,7)40(21,8)17-25(41)44/h10,20,22-32,35,42-48H,9,11-19H2,1-8H3,(H,49,50)/t20-,22?,23?,24+,25-,26-,27-,28-,29+,30-,31-,32-,35+,37-,38-,39+,40+,41-/m0/s1. The maximum atomic E-state index is 13.0. The zero-order valence-electron chi connectivity index (χ0n) is 33.3. The van der Waals surface area contributed by atoms with Crippen molar-refractivity contribution in [3.63, 3.8) is 0 Å². The number of allylic oxidation sites excluding steroid dienone is 2. The first-order chi connectivity index (χ1) is 25.0. The van der Waals surface area contributed by atoms with Crippen molar-refractivity contribution in [1.29, 1.82) is 0 Å². The lowest BCUT2D eigenvalue weighted by atomic mass is 9.33. The van der Waals surface area contributed by atoms with Crippen molar-refractivity contribution in [2.45, 2.75) is 162 Å². The Bertz CT molecular complexity index is 1480. The van der Waals surface area contributed by atoms with Gasteiger partial charge in [0.1, 0.15) is 30.5 Å². The summed E-state index contributed by atoms with van der Waals surface area (Å²) < 4.78 is 17.8. The first-order valence-corrected chi connectivity index (χ1v) is 20.1. The number of rotatable bonds is 8. The SMILES string of the molecule is CC[C@H](C)C(=O)O[C@H]1[C@H](O)[C@@]2(CO)C(CC1(C)C)C1=CC[C@@H]3[C@@]4(C)CC[C@H](O[C@@H]5O[C@H](C(=O)O)[C@@H](O)[C@H](O)[C@H]5O)[C@@](C)(CO)C4CC[C@@]3(C)[C@]1(C)C[C@@H]2O. The highest BCUT2D eigenvalue weighted by atomic mass is 16.7. The molecule has 13 nitrogen and oxygen atoms in total. The molecule has 54 heavy (non-hydrogen) atoms. The van der Waals surface area contributed by atoms with Crippen LogP contribution in [0.1, 0.15) is 107 Å². The zero-order chi connectivity index (χ0) is 40.1. The Balaban J connectivity index is 1.32. The van der Waals surface area contributed by atoms with E-state index in [0.29, 0.717) is 44.9 Å². The normalized spacial score (nSPS) is 51.7. The van der Waals surface area contributed by atoms with Crippen molar-refractivity contribution < 1.29 is 64.7 Å². The summed E-state index contributed by atoms with van der Waals surface area (Å²) in [4.78, 5) is 24.8. The number of hydrogen-bond donors (Lipinski definition) is 8. The number of ether oxygens (including phenoxy) is 3. The van der Waals surface area contributed by atoms with E-state index < -0.39 is 95.3 Å². The summed E-state index contributed by atoms with van der Waals surface area (Å²) in [7, 11) is 0. The predicted molar refractivity (Wildman–Crippen MR) is 194 cm³/mol. The third-order valence-electron chi connectivity index (χ3n) is 16.8. The fourth-order valence-corrected chi connectivity index (χ4v) is 13.1. The summed E-state index contributed by atoms with van der Waals surface area (Å²) in [6.45, 7) is 15.8. The average Bonchev–Trinajstić information content (AvgIpc) is 3.10.